The Morgan fingerprint density at radius 3 is 2.19 bits per heavy atom. The molecule has 0 radical (unpaired) electrons. The summed E-state index contributed by atoms with van der Waals surface area (Å²) in [6.07, 6.45) is 2.03. The first-order valence-corrected chi connectivity index (χ1v) is 11.5. The molecule has 3 atom stereocenters. The number of carbonyl (C=O) groups is 5. The molecule has 1 heterocycles. The van der Waals surface area contributed by atoms with E-state index >= 15 is 0 Å². The number of rotatable bonds is 15. The molecule has 0 aliphatic heterocycles. The van der Waals surface area contributed by atoms with Gasteiger partial charge in [0, 0.05) is 23.5 Å². The summed E-state index contributed by atoms with van der Waals surface area (Å²) in [5, 5.41) is 26.7. The molecule has 0 aliphatic rings. The van der Waals surface area contributed by atoms with Gasteiger partial charge >= 0.3 is 11.9 Å². The van der Waals surface area contributed by atoms with Crippen molar-refractivity contribution in [1.29, 1.82) is 0 Å². The van der Waals surface area contributed by atoms with Gasteiger partial charge in [0.2, 0.25) is 17.7 Å². The predicted octanol–water partition coefficient (Wildman–Crippen LogP) is -1.19. The number of amides is 3. The normalized spacial score (nSPS) is 13.4. The van der Waals surface area contributed by atoms with E-state index in [1.165, 1.54) is 0 Å². The first-order valence-electron chi connectivity index (χ1n) is 11.5. The van der Waals surface area contributed by atoms with Crippen molar-refractivity contribution in [1.82, 2.24) is 20.9 Å². The third-order valence-corrected chi connectivity index (χ3v) is 5.51. The number of aromatic nitrogens is 1. The lowest BCUT2D eigenvalue weighted by Crippen LogP contribution is -2.56. The van der Waals surface area contributed by atoms with Crippen LogP contribution in [-0.2, 0) is 30.4 Å². The number of para-hydroxylation sites is 1. The zero-order valence-corrected chi connectivity index (χ0v) is 19.7. The van der Waals surface area contributed by atoms with E-state index in [9.17, 15) is 29.1 Å². The van der Waals surface area contributed by atoms with Crippen molar-refractivity contribution in [3.8, 4) is 0 Å². The number of aliphatic carboxylic acids is 2. The number of unbranched alkanes of at least 4 members (excludes halogenated alkanes) is 1. The molecule has 13 nitrogen and oxygen atoms in total. The lowest BCUT2D eigenvalue weighted by molar-refractivity contribution is -0.143. The fraction of sp³-hybridized carbons (Fsp3) is 0.435. The number of carbonyl (C=O) groups excluding carboxylic acids is 3. The molecule has 13 heteroatoms. The molecule has 3 amide bonds. The second-order valence-electron chi connectivity index (χ2n) is 8.23. The molecule has 0 spiro atoms. The molecular formula is C23H32N6O7. The van der Waals surface area contributed by atoms with Gasteiger partial charge in [-0.3, -0.25) is 19.2 Å². The Morgan fingerprint density at radius 1 is 0.889 bits per heavy atom. The molecule has 0 saturated heterocycles. The number of H-pyrrole nitrogens is 1. The minimum absolute atomic E-state index is 0.0112. The molecular weight excluding hydrogens is 472 g/mol. The first kappa shape index (κ1) is 28.3. The number of nitrogens with one attached hydrogen (secondary N) is 4. The summed E-state index contributed by atoms with van der Waals surface area (Å²) in [5.74, 6) is -5.02. The number of fused-ring (bicyclic) bond motifs is 1. The fourth-order valence-corrected chi connectivity index (χ4v) is 3.66. The maximum atomic E-state index is 13.1. The van der Waals surface area contributed by atoms with Gasteiger partial charge in [0.15, 0.2) is 0 Å². The summed E-state index contributed by atoms with van der Waals surface area (Å²) in [4.78, 5) is 63.6. The summed E-state index contributed by atoms with van der Waals surface area (Å²) >= 11 is 0. The van der Waals surface area contributed by atoms with Gasteiger partial charge < -0.3 is 42.6 Å². The highest BCUT2D eigenvalue weighted by Crippen LogP contribution is 2.19. The van der Waals surface area contributed by atoms with Crippen molar-refractivity contribution in [3.63, 3.8) is 0 Å². The van der Waals surface area contributed by atoms with Gasteiger partial charge in [0.25, 0.3) is 0 Å². The number of carboxylic acids is 2. The molecule has 196 valence electrons. The summed E-state index contributed by atoms with van der Waals surface area (Å²) in [6, 6.07) is 3.38. The molecule has 1 aromatic heterocycles. The van der Waals surface area contributed by atoms with Crippen LogP contribution < -0.4 is 27.4 Å². The van der Waals surface area contributed by atoms with Crippen molar-refractivity contribution in [2.45, 2.75) is 50.2 Å². The number of carboxylic acid groups (broad SMARTS) is 2. The molecule has 0 saturated carbocycles. The van der Waals surface area contributed by atoms with E-state index in [2.05, 4.69) is 20.9 Å². The Morgan fingerprint density at radius 2 is 1.56 bits per heavy atom. The van der Waals surface area contributed by atoms with Gasteiger partial charge in [-0.25, -0.2) is 4.79 Å². The number of nitrogens with two attached hydrogens (primary N) is 2. The molecule has 2 rings (SSSR count). The van der Waals surface area contributed by atoms with Gasteiger partial charge in [0.05, 0.1) is 13.0 Å². The smallest absolute Gasteiger partial charge is 0.326 e. The van der Waals surface area contributed by atoms with Crippen LogP contribution in [0.1, 0.15) is 31.2 Å². The number of hydrogen-bond acceptors (Lipinski definition) is 7. The first-order chi connectivity index (χ1) is 17.2. The molecule has 3 unspecified atom stereocenters. The molecule has 1 aromatic carbocycles. The summed E-state index contributed by atoms with van der Waals surface area (Å²) in [5.41, 5.74) is 12.3. The van der Waals surface area contributed by atoms with Crippen LogP contribution in [0.3, 0.4) is 0 Å². The second-order valence-corrected chi connectivity index (χ2v) is 8.23. The van der Waals surface area contributed by atoms with Crippen LogP contribution in [0, 0.1) is 0 Å². The van der Waals surface area contributed by atoms with Gasteiger partial charge in [0.1, 0.15) is 18.1 Å². The number of hydrogen-bond donors (Lipinski definition) is 8. The van der Waals surface area contributed by atoms with Gasteiger partial charge in [-0.05, 0) is 37.4 Å². The van der Waals surface area contributed by atoms with Crippen LogP contribution in [0.15, 0.2) is 30.5 Å². The van der Waals surface area contributed by atoms with Crippen molar-refractivity contribution >= 4 is 40.6 Å². The van der Waals surface area contributed by atoms with E-state index in [0.29, 0.717) is 24.9 Å². The quantitative estimate of drug-likeness (QED) is 0.136. The van der Waals surface area contributed by atoms with Crippen molar-refractivity contribution in [3.05, 3.63) is 36.0 Å². The highest BCUT2D eigenvalue weighted by molar-refractivity contribution is 5.95. The Balaban J connectivity index is 2.18. The molecule has 2 aromatic rings. The van der Waals surface area contributed by atoms with E-state index in [-0.39, 0.29) is 12.8 Å². The fourth-order valence-electron chi connectivity index (χ4n) is 3.66. The SMILES string of the molecule is NCCCCC(NC(=O)C(CC(=O)O)NC(=O)CN)C(=O)NC(Cc1c[nH]c2ccccc12)C(=O)O. The van der Waals surface area contributed by atoms with Crippen LogP contribution in [0.4, 0.5) is 0 Å². The van der Waals surface area contributed by atoms with Crippen LogP contribution in [0.5, 0.6) is 0 Å². The molecule has 0 bridgehead atoms. The Bertz CT molecular complexity index is 1090. The maximum Gasteiger partial charge on any atom is 0.326 e. The van der Waals surface area contributed by atoms with E-state index in [4.69, 9.17) is 16.6 Å². The summed E-state index contributed by atoms with van der Waals surface area (Å²) in [7, 11) is 0. The topological polar surface area (TPSA) is 230 Å². The van der Waals surface area contributed by atoms with E-state index < -0.39 is 60.8 Å². The monoisotopic (exact) mass is 504 g/mol. The van der Waals surface area contributed by atoms with E-state index in [1.807, 2.05) is 24.3 Å². The number of aromatic amines is 1. The second kappa shape index (κ2) is 13.8. The Kier molecular flexibility index (Phi) is 10.8. The van der Waals surface area contributed by atoms with Gasteiger partial charge in [-0.1, -0.05) is 18.2 Å². The van der Waals surface area contributed by atoms with Crippen LogP contribution >= 0.6 is 0 Å². The lowest BCUT2D eigenvalue weighted by Gasteiger charge is -2.24. The van der Waals surface area contributed by atoms with Crippen molar-refractivity contribution < 1.29 is 34.2 Å². The van der Waals surface area contributed by atoms with E-state index in [0.717, 1.165) is 10.9 Å². The van der Waals surface area contributed by atoms with Gasteiger partial charge in [-0.15, -0.1) is 0 Å². The minimum Gasteiger partial charge on any atom is -0.481 e. The summed E-state index contributed by atoms with van der Waals surface area (Å²) in [6.45, 7) is -0.118. The Labute approximate surface area is 207 Å². The molecule has 10 N–H and O–H groups in total. The molecule has 0 fully saturated rings. The largest absolute Gasteiger partial charge is 0.481 e. The van der Waals surface area contributed by atoms with Crippen molar-refractivity contribution in [2.75, 3.05) is 13.1 Å². The third kappa shape index (κ3) is 8.36. The summed E-state index contributed by atoms with van der Waals surface area (Å²) < 4.78 is 0. The maximum absolute atomic E-state index is 13.1. The van der Waals surface area contributed by atoms with Gasteiger partial charge in [-0.2, -0.15) is 0 Å². The standard InChI is InChI=1S/C23H32N6O7/c24-8-4-3-7-16(28-22(34)17(10-20(31)32)27-19(30)11-25)21(33)29-18(23(35)36)9-13-12-26-15-6-2-1-5-14(13)15/h1-2,5-6,12,16-18,26H,3-4,7-11,24-25H2,(H,27,30)(H,28,34)(H,29,33)(H,31,32)(H,35,36). The van der Waals surface area contributed by atoms with Crippen LogP contribution in [-0.4, -0.2) is 76.1 Å². The highest BCUT2D eigenvalue weighted by atomic mass is 16.4. The third-order valence-electron chi connectivity index (χ3n) is 5.51. The zero-order chi connectivity index (χ0) is 26.7. The average Bonchev–Trinajstić information content (AvgIpc) is 3.24. The van der Waals surface area contributed by atoms with Crippen molar-refractivity contribution in [2.24, 2.45) is 11.5 Å². The van der Waals surface area contributed by atoms with Crippen LogP contribution in [0.25, 0.3) is 10.9 Å². The number of benzene rings is 1. The predicted molar refractivity (Wildman–Crippen MR) is 130 cm³/mol. The van der Waals surface area contributed by atoms with E-state index in [1.54, 1.807) is 6.20 Å². The zero-order valence-electron chi connectivity index (χ0n) is 19.7. The lowest BCUT2D eigenvalue weighted by atomic mass is 10.0. The minimum atomic E-state index is -1.47. The van der Waals surface area contributed by atoms with Crippen LogP contribution in [0.2, 0.25) is 0 Å². The Hall–Kier alpha value is -3.97. The molecule has 36 heavy (non-hydrogen) atoms. The molecule has 0 aliphatic carbocycles. The average molecular weight is 505 g/mol. The highest BCUT2D eigenvalue weighted by Gasteiger charge is 2.30.